The predicted octanol–water partition coefficient (Wildman–Crippen LogP) is 2.16. The molecule has 0 saturated carbocycles. The molecule has 108 valence electrons. The van der Waals surface area contributed by atoms with Crippen molar-refractivity contribution in [3.05, 3.63) is 33.9 Å². The van der Waals surface area contributed by atoms with Gasteiger partial charge in [0.15, 0.2) is 0 Å². The van der Waals surface area contributed by atoms with Crippen LogP contribution in [0.5, 0.6) is 5.75 Å². The zero-order valence-electron chi connectivity index (χ0n) is 11.3. The maximum absolute atomic E-state index is 11.3. The fourth-order valence-electron chi connectivity index (χ4n) is 1.27. The van der Waals surface area contributed by atoms with Crippen molar-refractivity contribution in [2.24, 2.45) is 5.10 Å². The van der Waals surface area contributed by atoms with E-state index in [1.807, 2.05) is 0 Å². The van der Waals surface area contributed by atoms with E-state index < -0.39 is 16.6 Å². The van der Waals surface area contributed by atoms with Crippen molar-refractivity contribution < 1.29 is 19.6 Å². The van der Waals surface area contributed by atoms with E-state index >= 15 is 0 Å². The molecular formula is C12H15N3O5. The van der Waals surface area contributed by atoms with Crippen LogP contribution in [-0.2, 0) is 4.74 Å². The van der Waals surface area contributed by atoms with Gasteiger partial charge < -0.3 is 9.84 Å². The number of nitrogens with zero attached hydrogens (tertiary/aromatic N) is 2. The number of hydrogen-bond acceptors (Lipinski definition) is 6. The molecule has 0 saturated heterocycles. The Hall–Kier alpha value is -2.64. The Kier molecular flexibility index (Phi) is 4.63. The number of nitro benzene ring substituents is 1. The second-order valence-electron chi connectivity index (χ2n) is 4.87. The van der Waals surface area contributed by atoms with E-state index in [1.54, 1.807) is 20.8 Å². The number of benzene rings is 1. The van der Waals surface area contributed by atoms with Gasteiger partial charge in [-0.3, -0.25) is 10.1 Å². The summed E-state index contributed by atoms with van der Waals surface area (Å²) in [6.07, 6.45) is 0.276. The number of hydrazone groups is 1. The number of hydrogen-bond donors (Lipinski definition) is 2. The number of aromatic hydroxyl groups is 1. The molecule has 0 bridgehead atoms. The third kappa shape index (κ3) is 4.92. The summed E-state index contributed by atoms with van der Waals surface area (Å²) in [5.74, 6) is -0.144. The molecular weight excluding hydrogens is 266 g/mol. The van der Waals surface area contributed by atoms with Crippen LogP contribution in [0.3, 0.4) is 0 Å². The Morgan fingerprint density at radius 3 is 2.70 bits per heavy atom. The summed E-state index contributed by atoms with van der Waals surface area (Å²) < 4.78 is 4.93. The van der Waals surface area contributed by atoms with Gasteiger partial charge in [-0.2, -0.15) is 5.10 Å². The van der Waals surface area contributed by atoms with Crippen LogP contribution in [0.25, 0.3) is 0 Å². The Balaban J connectivity index is 2.78. The molecule has 1 amide bonds. The van der Waals surface area contributed by atoms with Gasteiger partial charge in [-0.1, -0.05) is 0 Å². The van der Waals surface area contributed by atoms with Gasteiger partial charge in [0.2, 0.25) is 0 Å². The standard InChI is InChI=1S/C12H15N3O5/c1-12(2,3)20-11(17)14-13-7-8-6-9(16)4-5-10(8)15(18)19/h4-7,16H,1-3H3,(H,14,17). The normalized spacial score (nSPS) is 11.3. The molecule has 0 heterocycles. The van der Waals surface area contributed by atoms with Crippen molar-refractivity contribution >= 4 is 18.0 Å². The largest absolute Gasteiger partial charge is 0.508 e. The SMILES string of the molecule is CC(C)(C)OC(=O)NN=Cc1cc(O)ccc1[N+](=O)[O-]. The molecule has 8 nitrogen and oxygen atoms in total. The summed E-state index contributed by atoms with van der Waals surface area (Å²) in [5, 5.41) is 23.6. The summed E-state index contributed by atoms with van der Waals surface area (Å²) in [5.41, 5.74) is 1.23. The number of ether oxygens (including phenoxy) is 1. The van der Waals surface area contributed by atoms with Crippen LogP contribution in [0.1, 0.15) is 26.3 Å². The topological polar surface area (TPSA) is 114 Å². The quantitative estimate of drug-likeness (QED) is 0.500. The van der Waals surface area contributed by atoms with Gasteiger partial charge in [0.1, 0.15) is 11.4 Å². The molecule has 1 rings (SSSR count). The lowest BCUT2D eigenvalue weighted by Crippen LogP contribution is -2.29. The van der Waals surface area contributed by atoms with Crippen LogP contribution < -0.4 is 5.43 Å². The first-order chi connectivity index (χ1) is 9.19. The highest BCUT2D eigenvalue weighted by Crippen LogP contribution is 2.21. The van der Waals surface area contributed by atoms with Crippen LogP contribution in [0.4, 0.5) is 10.5 Å². The molecule has 8 heteroatoms. The fourth-order valence-corrected chi connectivity index (χ4v) is 1.27. The van der Waals surface area contributed by atoms with Gasteiger partial charge in [-0.05, 0) is 32.9 Å². The number of phenols is 1. The first-order valence-corrected chi connectivity index (χ1v) is 5.68. The van der Waals surface area contributed by atoms with Crippen molar-refractivity contribution in [3.8, 4) is 5.75 Å². The van der Waals surface area contributed by atoms with Gasteiger partial charge in [0.05, 0.1) is 16.7 Å². The van der Waals surface area contributed by atoms with E-state index in [1.165, 1.54) is 12.1 Å². The van der Waals surface area contributed by atoms with Crippen molar-refractivity contribution in [3.63, 3.8) is 0 Å². The van der Waals surface area contributed by atoms with E-state index in [0.29, 0.717) is 0 Å². The molecule has 2 N–H and O–H groups in total. The average Bonchev–Trinajstić information content (AvgIpc) is 2.26. The number of carbonyl (C=O) groups excluding carboxylic acids is 1. The molecule has 20 heavy (non-hydrogen) atoms. The lowest BCUT2D eigenvalue weighted by molar-refractivity contribution is -0.385. The lowest BCUT2D eigenvalue weighted by Gasteiger charge is -2.18. The van der Waals surface area contributed by atoms with E-state index in [-0.39, 0.29) is 17.0 Å². The van der Waals surface area contributed by atoms with Crippen LogP contribution >= 0.6 is 0 Å². The van der Waals surface area contributed by atoms with Gasteiger partial charge in [-0.15, -0.1) is 0 Å². The van der Waals surface area contributed by atoms with Crippen molar-refractivity contribution in [1.29, 1.82) is 0 Å². The van der Waals surface area contributed by atoms with Crippen LogP contribution in [0, 0.1) is 10.1 Å². The zero-order chi connectivity index (χ0) is 15.3. The molecule has 0 aliphatic carbocycles. The van der Waals surface area contributed by atoms with E-state index in [2.05, 4.69) is 10.5 Å². The molecule has 0 fully saturated rings. The Morgan fingerprint density at radius 2 is 2.15 bits per heavy atom. The Morgan fingerprint density at radius 1 is 1.50 bits per heavy atom. The highest BCUT2D eigenvalue weighted by atomic mass is 16.6. The molecule has 0 aromatic heterocycles. The van der Waals surface area contributed by atoms with Crippen molar-refractivity contribution in [2.45, 2.75) is 26.4 Å². The third-order valence-corrected chi connectivity index (χ3v) is 1.97. The number of nitrogens with one attached hydrogen (secondary N) is 1. The predicted molar refractivity (Wildman–Crippen MR) is 71.7 cm³/mol. The van der Waals surface area contributed by atoms with Crippen LogP contribution in [-0.4, -0.2) is 27.9 Å². The highest BCUT2D eigenvalue weighted by molar-refractivity contribution is 5.86. The monoisotopic (exact) mass is 281 g/mol. The molecule has 0 unspecified atom stereocenters. The Labute approximate surface area is 115 Å². The average molecular weight is 281 g/mol. The van der Waals surface area contributed by atoms with E-state index in [0.717, 1.165) is 12.3 Å². The maximum Gasteiger partial charge on any atom is 0.428 e. The van der Waals surface area contributed by atoms with Gasteiger partial charge in [-0.25, -0.2) is 10.2 Å². The van der Waals surface area contributed by atoms with Crippen LogP contribution in [0.15, 0.2) is 23.3 Å². The molecule has 0 radical (unpaired) electrons. The van der Waals surface area contributed by atoms with Crippen LogP contribution in [0.2, 0.25) is 0 Å². The van der Waals surface area contributed by atoms with Crippen molar-refractivity contribution in [1.82, 2.24) is 5.43 Å². The van der Waals surface area contributed by atoms with Gasteiger partial charge in [0, 0.05) is 6.07 Å². The summed E-state index contributed by atoms with van der Waals surface area (Å²) in [7, 11) is 0. The second-order valence-corrected chi connectivity index (χ2v) is 4.87. The lowest BCUT2D eigenvalue weighted by atomic mass is 10.2. The maximum atomic E-state index is 11.3. The number of phenolic OH excluding ortho intramolecular Hbond substituents is 1. The first kappa shape index (κ1) is 15.4. The smallest absolute Gasteiger partial charge is 0.428 e. The number of amides is 1. The summed E-state index contributed by atoms with van der Waals surface area (Å²) in [6, 6.07) is 3.50. The van der Waals surface area contributed by atoms with Crippen molar-refractivity contribution in [2.75, 3.05) is 0 Å². The Bertz CT molecular complexity index is 549. The third-order valence-electron chi connectivity index (χ3n) is 1.97. The molecule has 1 aromatic carbocycles. The van der Waals surface area contributed by atoms with Gasteiger partial charge >= 0.3 is 6.09 Å². The number of carbonyl (C=O) groups is 1. The molecule has 1 aromatic rings. The molecule has 0 spiro atoms. The molecule has 0 atom stereocenters. The van der Waals surface area contributed by atoms with E-state index in [9.17, 15) is 20.0 Å². The van der Waals surface area contributed by atoms with Gasteiger partial charge in [0.25, 0.3) is 5.69 Å². The fraction of sp³-hybridized carbons (Fsp3) is 0.333. The number of rotatable bonds is 3. The number of nitro groups is 1. The second kappa shape index (κ2) is 6.00. The summed E-state index contributed by atoms with van der Waals surface area (Å²) >= 11 is 0. The summed E-state index contributed by atoms with van der Waals surface area (Å²) in [6.45, 7) is 5.07. The molecule has 0 aliphatic rings. The van der Waals surface area contributed by atoms with E-state index in [4.69, 9.17) is 4.74 Å². The first-order valence-electron chi connectivity index (χ1n) is 5.68. The summed E-state index contributed by atoms with van der Waals surface area (Å²) in [4.78, 5) is 21.5. The highest BCUT2D eigenvalue weighted by Gasteiger charge is 2.16. The molecule has 0 aliphatic heterocycles. The minimum absolute atomic E-state index is 0.0612. The minimum Gasteiger partial charge on any atom is -0.508 e. The minimum atomic E-state index is -0.781. The zero-order valence-corrected chi connectivity index (χ0v) is 11.3.